The summed E-state index contributed by atoms with van der Waals surface area (Å²) in [6, 6.07) is 0. The molecule has 0 aliphatic carbocycles. The van der Waals surface area contributed by atoms with Gasteiger partial charge >= 0.3 is 57.4 Å². The van der Waals surface area contributed by atoms with Crippen molar-refractivity contribution in [3.05, 3.63) is 12.2 Å². The van der Waals surface area contributed by atoms with Crippen LogP contribution in [0.1, 0.15) is 51.9 Å². The first-order chi connectivity index (χ1) is 12.8. The van der Waals surface area contributed by atoms with E-state index in [0.29, 0.717) is 62.9 Å². The van der Waals surface area contributed by atoms with Gasteiger partial charge in [0.2, 0.25) is 5.91 Å². The number of rotatable bonds is 17. The van der Waals surface area contributed by atoms with Gasteiger partial charge in [0.1, 0.15) is 6.54 Å². The van der Waals surface area contributed by atoms with E-state index in [1.165, 1.54) is 0 Å². The molecule has 0 saturated heterocycles. The van der Waals surface area contributed by atoms with Crippen LogP contribution in [0.15, 0.2) is 12.2 Å². The summed E-state index contributed by atoms with van der Waals surface area (Å²) >= 11 is 0. The summed E-state index contributed by atoms with van der Waals surface area (Å²) in [6.07, 6.45) is 6.74. The second-order valence-electron chi connectivity index (χ2n) is 6.70. The molecule has 0 saturated carbocycles. The number of quaternary nitrogens is 1. The Labute approximate surface area is 210 Å². The predicted octanol–water partition coefficient (Wildman–Crippen LogP) is -2.94. The number of aliphatic carboxylic acids is 2. The van der Waals surface area contributed by atoms with Crippen molar-refractivity contribution in [2.45, 2.75) is 51.9 Å². The van der Waals surface area contributed by atoms with E-state index in [-0.39, 0.29) is 76.7 Å². The number of nitrogens with zero attached hydrogens (tertiary/aromatic N) is 1. The summed E-state index contributed by atoms with van der Waals surface area (Å²) in [5.74, 6) is -2.07. The van der Waals surface area contributed by atoms with E-state index in [4.69, 9.17) is 5.11 Å². The van der Waals surface area contributed by atoms with Crippen molar-refractivity contribution in [2.75, 3.05) is 39.3 Å². The normalized spacial score (nSPS) is 12.9. The number of aliphatic hydroxyl groups excluding tert-OH is 1. The second-order valence-corrected chi connectivity index (χ2v) is 6.70. The van der Waals surface area contributed by atoms with Gasteiger partial charge < -0.3 is 29.9 Å². The Morgan fingerprint density at radius 1 is 1.00 bits per heavy atom. The van der Waals surface area contributed by atoms with Crippen LogP contribution in [-0.4, -0.2) is 71.9 Å². The van der Waals surface area contributed by atoms with E-state index in [1.807, 2.05) is 19.1 Å². The Hall–Kier alpha value is -0.294. The van der Waals surface area contributed by atoms with Crippen LogP contribution < -0.4 is 61.8 Å². The van der Waals surface area contributed by atoms with Gasteiger partial charge in [-0.05, 0) is 19.3 Å². The molecule has 1 unspecified atom stereocenters. The van der Waals surface area contributed by atoms with E-state index in [9.17, 15) is 24.6 Å². The zero-order valence-electron chi connectivity index (χ0n) is 17.3. The van der Waals surface area contributed by atoms with Gasteiger partial charge in [0.15, 0.2) is 0 Å². The maximum atomic E-state index is 11.9. The second kappa shape index (κ2) is 18.7. The van der Waals surface area contributed by atoms with Crippen LogP contribution >= 0.6 is 0 Å². The fourth-order valence-electron chi connectivity index (χ4n) is 3.03. The minimum absolute atomic E-state index is 0. The van der Waals surface area contributed by atoms with Gasteiger partial charge in [0, 0.05) is 25.2 Å². The van der Waals surface area contributed by atoms with E-state index < -0.39 is 11.9 Å². The van der Waals surface area contributed by atoms with Gasteiger partial charge in [0.25, 0.3) is 0 Å². The molecule has 0 radical (unpaired) electrons. The number of allylic oxidation sites excluding steroid dienone is 2. The average molecular weight is 426 g/mol. The third-order valence-electron chi connectivity index (χ3n) is 4.46. The number of carbonyl (C=O) groups is 3. The first kappa shape index (κ1) is 29.9. The minimum atomic E-state index is -1.13. The van der Waals surface area contributed by atoms with E-state index in [2.05, 4.69) is 5.32 Å². The first-order valence-corrected chi connectivity index (χ1v) is 9.64. The van der Waals surface area contributed by atoms with Crippen LogP contribution in [0.5, 0.6) is 0 Å². The quantitative estimate of drug-likeness (QED) is 0.130. The van der Waals surface area contributed by atoms with Gasteiger partial charge in [-0.3, -0.25) is 9.59 Å². The van der Waals surface area contributed by atoms with Crippen molar-refractivity contribution in [3.8, 4) is 0 Å². The third kappa shape index (κ3) is 16.6. The molecule has 0 aromatic rings. The van der Waals surface area contributed by atoms with Gasteiger partial charge in [-0.15, -0.1) is 0 Å². The fourth-order valence-corrected chi connectivity index (χ4v) is 3.03. The molecule has 0 rings (SSSR count). The summed E-state index contributed by atoms with van der Waals surface area (Å²) < 4.78 is 0.382. The number of nitrogens with one attached hydrogen (secondary N) is 1. The Kier molecular flexibility index (Phi) is 20.0. The zero-order valence-corrected chi connectivity index (χ0v) is 20.4. The maximum Gasteiger partial charge on any atom is 1.00 e. The summed E-state index contributed by atoms with van der Waals surface area (Å²) in [4.78, 5) is 33.4. The molecular weight excluding hydrogens is 391 g/mol. The summed E-state index contributed by atoms with van der Waals surface area (Å²) in [5, 5.41) is 31.8. The number of hydrogen-bond acceptors (Lipinski definition) is 5. The third-order valence-corrected chi connectivity index (χ3v) is 4.46. The number of hydrogen-bond donors (Lipinski definition) is 3. The number of carbonyl (C=O) groups excluding carboxylic acids is 2. The van der Waals surface area contributed by atoms with Crippen molar-refractivity contribution in [2.24, 2.45) is 0 Å². The van der Waals surface area contributed by atoms with Crippen LogP contribution in [0.3, 0.4) is 0 Å². The zero-order chi connectivity index (χ0) is 20.5. The largest absolute Gasteiger partial charge is 1.00 e. The Morgan fingerprint density at radius 3 is 2.18 bits per heavy atom. The molecular formula is C19H34KN2O6+. The maximum absolute atomic E-state index is 11.9. The van der Waals surface area contributed by atoms with Crippen LogP contribution in [-0.2, 0) is 14.4 Å². The molecule has 28 heavy (non-hydrogen) atoms. The monoisotopic (exact) mass is 425 g/mol. The van der Waals surface area contributed by atoms with Crippen LogP contribution in [0.2, 0.25) is 0 Å². The Balaban J connectivity index is 0. The van der Waals surface area contributed by atoms with E-state index >= 15 is 0 Å². The standard InChI is InChI=1S/C19H34N2O6.K/c1-2-3-4-5-8-17(23)20-11-14-21(15-16-22,12-6-9-18(24)25)13-7-10-19(26)27;/h3-4,22H,2,5-16H2,1H3,(H2-,20,23,24,25,26,27);/q;+1/b4-3+;. The SMILES string of the molecule is CC/C=C/CCC(=O)NCC[N+](CCO)(CCCC(=O)[O-])CCCC(=O)O.[K+]. The minimum Gasteiger partial charge on any atom is -0.550 e. The molecule has 1 atom stereocenters. The smallest absolute Gasteiger partial charge is 0.550 e. The molecule has 3 N–H and O–H groups in total. The molecule has 0 spiro atoms. The molecule has 8 nitrogen and oxygen atoms in total. The van der Waals surface area contributed by atoms with E-state index in [1.54, 1.807) is 0 Å². The summed E-state index contributed by atoms with van der Waals surface area (Å²) in [6.45, 7) is 4.24. The topological polar surface area (TPSA) is 127 Å². The molecule has 1 amide bonds. The van der Waals surface area contributed by atoms with Crippen LogP contribution in [0.4, 0.5) is 0 Å². The Bertz CT molecular complexity index is 465. The Morgan fingerprint density at radius 2 is 1.64 bits per heavy atom. The van der Waals surface area contributed by atoms with Gasteiger partial charge in [-0.25, -0.2) is 0 Å². The predicted molar refractivity (Wildman–Crippen MR) is 99.6 cm³/mol. The van der Waals surface area contributed by atoms with Crippen molar-refractivity contribution in [3.63, 3.8) is 0 Å². The van der Waals surface area contributed by atoms with Crippen molar-refractivity contribution < 1.29 is 85.6 Å². The van der Waals surface area contributed by atoms with Crippen molar-refractivity contribution in [1.82, 2.24) is 5.32 Å². The van der Waals surface area contributed by atoms with Gasteiger partial charge in [-0.1, -0.05) is 19.1 Å². The summed E-state index contributed by atoms with van der Waals surface area (Å²) in [7, 11) is 0. The molecule has 0 fully saturated rings. The molecule has 9 heteroatoms. The van der Waals surface area contributed by atoms with Crippen LogP contribution in [0.25, 0.3) is 0 Å². The molecule has 0 aromatic heterocycles. The van der Waals surface area contributed by atoms with Gasteiger partial charge in [0.05, 0.1) is 39.2 Å². The van der Waals surface area contributed by atoms with Crippen molar-refractivity contribution in [1.29, 1.82) is 0 Å². The number of carboxylic acid groups (broad SMARTS) is 2. The first-order valence-electron chi connectivity index (χ1n) is 9.64. The van der Waals surface area contributed by atoms with Gasteiger partial charge in [-0.2, -0.15) is 0 Å². The molecule has 156 valence electrons. The number of carboxylic acids is 2. The van der Waals surface area contributed by atoms with Crippen LogP contribution in [0, 0.1) is 0 Å². The molecule has 0 aliphatic heterocycles. The fraction of sp³-hybridized carbons (Fsp3) is 0.737. The molecule has 0 aromatic carbocycles. The molecule has 0 heterocycles. The molecule has 0 bridgehead atoms. The number of aliphatic hydroxyl groups is 1. The van der Waals surface area contributed by atoms with E-state index in [0.717, 1.165) is 6.42 Å². The number of amides is 1. The summed E-state index contributed by atoms with van der Waals surface area (Å²) in [5.41, 5.74) is 0. The average Bonchev–Trinajstić information content (AvgIpc) is 2.58. The molecule has 0 aliphatic rings. The van der Waals surface area contributed by atoms with Crippen molar-refractivity contribution >= 4 is 17.8 Å².